The van der Waals surface area contributed by atoms with E-state index in [9.17, 15) is 0 Å². The van der Waals surface area contributed by atoms with Crippen LogP contribution in [-0.2, 0) is 32.5 Å². The Kier molecular flexibility index (Phi) is 9.25. The third-order valence-corrected chi connectivity index (χ3v) is 17.4. The molecule has 0 fully saturated rings. The van der Waals surface area contributed by atoms with E-state index in [1.165, 1.54) is 109 Å². The highest BCUT2D eigenvalue weighted by Crippen LogP contribution is 2.59. The van der Waals surface area contributed by atoms with Gasteiger partial charge in [0.2, 0.25) is 0 Å². The Hall–Kier alpha value is -4.54. The van der Waals surface area contributed by atoms with E-state index >= 15 is 0 Å². The van der Waals surface area contributed by atoms with E-state index in [-0.39, 0.29) is 39.2 Å². The van der Waals surface area contributed by atoms with E-state index in [2.05, 4.69) is 222 Å². The molecule has 2 aliphatic heterocycles. The number of hydrogen-bond acceptors (Lipinski definition) is 3. The third kappa shape index (κ3) is 6.46. The first-order valence-electron chi connectivity index (χ1n) is 23.8. The molecule has 4 heteroatoms. The second-order valence-corrected chi connectivity index (χ2v) is 25.5. The van der Waals surface area contributed by atoms with Crippen LogP contribution in [0.2, 0.25) is 0 Å². The molecule has 0 unspecified atom stereocenters. The molecule has 4 aliphatic rings. The molecule has 0 spiro atoms. The van der Waals surface area contributed by atoms with Gasteiger partial charge >= 0.3 is 0 Å². The molecule has 2 aliphatic carbocycles. The topological polar surface area (TPSA) is 6.48 Å². The summed E-state index contributed by atoms with van der Waals surface area (Å²) < 4.78 is 1.51. The number of fused-ring (bicyclic) bond motifs is 8. The summed E-state index contributed by atoms with van der Waals surface area (Å²) in [5, 5.41) is 0. The van der Waals surface area contributed by atoms with Crippen molar-refractivity contribution in [1.82, 2.24) is 0 Å². The molecule has 0 amide bonds. The van der Waals surface area contributed by atoms with Crippen LogP contribution in [0.15, 0.2) is 97.1 Å². The zero-order valence-corrected chi connectivity index (χ0v) is 41.8. The van der Waals surface area contributed by atoms with Crippen molar-refractivity contribution >= 4 is 67.9 Å². The van der Waals surface area contributed by atoms with Crippen LogP contribution in [0.4, 0.5) is 34.1 Å². The first-order chi connectivity index (χ1) is 29.4. The van der Waals surface area contributed by atoms with Crippen LogP contribution < -0.4 is 25.5 Å². The molecule has 0 saturated carbocycles. The third-order valence-electron chi connectivity index (χ3n) is 15.8. The molecule has 0 saturated heterocycles. The monoisotopic (exact) mass is 849 g/mol. The first-order valence-corrected chi connectivity index (χ1v) is 24.6. The zero-order chi connectivity index (χ0) is 45.0. The summed E-state index contributed by atoms with van der Waals surface area (Å²) in [6, 6.07) is 38.4. The minimum absolute atomic E-state index is 0.00447. The average molecular weight is 849 g/mol. The molecule has 5 aromatic carbocycles. The van der Waals surface area contributed by atoms with Crippen LogP contribution in [0.1, 0.15) is 161 Å². The van der Waals surface area contributed by atoms with Gasteiger partial charge in [0.15, 0.2) is 0 Å². The lowest BCUT2D eigenvalue weighted by atomic mass is 9.35. The number of aryl methyl sites for hydroxylation is 1. The summed E-state index contributed by atoms with van der Waals surface area (Å²) in [5.74, 6) is 0. The molecule has 0 atom stereocenters. The Balaban J connectivity index is 1.37. The number of rotatable bonds is 3. The van der Waals surface area contributed by atoms with Gasteiger partial charge in [-0.05, 0) is 151 Å². The Morgan fingerprint density at radius 1 is 0.540 bits per heavy atom. The lowest BCUT2D eigenvalue weighted by Gasteiger charge is -2.49. The Morgan fingerprint density at radius 2 is 1.11 bits per heavy atom. The lowest BCUT2D eigenvalue weighted by molar-refractivity contribution is 0.333. The molecular formula is C59H69BN2S. The molecular weight excluding hydrogens is 780 g/mol. The van der Waals surface area contributed by atoms with Gasteiger partial charge in [-0.1, -0.05) is 158 Å². The summed E-state index contributed by atoms with van der Waals surface area (Å²) in [5.41, 5.74) is 22.3. The number of benzene rings is 5. The van der Waals surface area contributed by atoms with Crippen molar-refractivity contribution in [2.75, 3.05) is 9.80 Å². The van der Waals surface area contributed by atoms with Gasteiger partial charge in [-0.3, -0.25) is 0 Å². The first kappa shape index (κ1) is 42.4. The number of nitrogens with zero attached hydrogens (tertiary/aromatic N) is 2. The summed E-state index contributed by atoms with van der Waals surface area (Å²) in [6.07, 6.45) is 4.71. The van der Waals surface area contributed by atoms with Crippen molar-refractivity contribution in [2.45, 2.75) is 162 Å². The van der Waals surface area contributed by atoms with Gasteiger partial charge < -0.3 is 9.80 Å². The quantitative estimate of drug-likeness (QED) is 0.163. The lowest BCUT2D eigenvalue weighted by Crippen LogP contribution is -2.61. The van der Waals surface area contributed by atoms with Crippen LogP contribution in [-0.4, -0.2) is 6.71 Å². The van der Waals surface area contributed by atoms with E-state index in [0.717, 1.165) is 0 Å². The molecule has 10 rings (SSSR count). The summed E-state index contributed by atoms with van der Waals surface area (Å²) >= 11 is 2.14. The van der Waals surface area contributed by atoms with E-state index in [1.54, 1.807) is 16.0 Å². The van der Waals surface area contributed by atoms with Gasteiger partial charge in [0.25, 0.3) is 6.71 Å². The summed E-state index contributed by atoms with van der Waals surface area (Å²) in [6.45, 7) is 36.6. The fourth-order valence-electron chi connectivity index (χ4n) is 11.8. The number of hydrogen-bond donors (Lipinski definition) is 0. The second-order valence-electron chi connectivity index (χ2n) is 24.4. The van der Waals surface area contributed by atoms with E-state index < -0.39 is 0 Å². The maximum absolute atomic E-state index is 2.77. The van der Waals surface area contributed by atoms with Gasteiger partial charge in [0.1, 0.15) is 0 Å². The van der Waals surface area contributed by atoms with Crippen LogP contribution in [0, 0.1) is 6.92 Å². The van der Waals surface area contributed by atoms with Crippen molar-refractivity contribution in [3.8, 4) is 11.1 Å². The highest BCUT2D eigenvalue weighted by Gasteiger charge is 2.53. The Labute approximate surface area is 384 Å². The summed E-state index contributed by atoms with van der Waals surface area (Å²) in [4.78, 5) is 7.06. The molecule has 0 radical (unpaired) electrons. The minimum atomic E-state index is 0.00447. The van der Waals surface area contributed by atoms with E-state index in [0.29, 0.717) is 0 Å². The largest absolute Gasteiger partial charge is 0.311 e. The van der Waals surface area contributed by atoms with Crippen molar-refractivity contribution in [3.63, 3.8) is 0 Å². The van der Waals surface area contributed by atoms with Gasteiger partial charge in [0, 0.05) is 38.0 Å². The predicted molar refractivity (Wildman–Crippen MR) is 276 cm³/mol. The van der Waals surface area contributed by atoms with Crippen LogP contribution in [0.5, 0.6) is 0 Å². The minimum Gasteiger partial charge on any atom is -0.311 e. The van der Waals surface area contributed by atoms with Crippen molar-refractivity contribution in [3.05, 3.63) is 135 Å². The molecule has 0 N–H and O–H groups in total. The molecule has 324 valence electrons. The van der Waals surface area contributed by atoms with Gasteiger partial charge in [-0.15, -0.1) is 0 Å². The second kappa shape index (κ2) is 13.7. The molecule has 1 aromatic heterocycles. The smallest absolute Gasteiger partial charge is 0.264 e. The van der Waals surface area contributed by atoms with Crippen LogP contribution in [0.3, 0.4) is 0 Å². The molecule has 3 heterocycles. The van der Waals surface area contributed by atoms with E-state index in [4.69, 9.17) is 0 Å². The van der Waals surface area contributed by atoms with Crippen LogP contribution >= 0.6 is 11.3 Å². The zero-order valence-electron chi connectivity index (χ0n) is 40.9. The Morgan fingerprint density at radius 3 is 1.75 bits per heavy atom. The van der Waals surface area contributed by atoms with Crippen molar-refractivity contribution in [1.29, 1.82) is 0 Å². The highest BCUT2D eigenvalue weighted by atomic mass is 32.1. The Bertz CT molecular complexity index is 2820. The van der Waals surface area contributed by atoms with Gasteiger partial charge in [0.05, 0.1) is 11.4 Å². The van der Waals surface area contributed by atoms with Crippen molar-refractivity contribution < 1.29 is 0 Å². The van der Waals surface area contributed by atoms with Crippen LogP contribution in [0.25, 0.3) is 11.1 Å². The van der Waals surface area contributed by atoms with Gasteiger partial charge in [-0.2, -0.15) is 11.3 Å². The number of thiophene rings is 1. The normalized spacial score (nSPS) is 18.9. The molecule has 0 bridgehead atoms. The number of anilines is 6. The molecule has 6 aromatic rings. The SMILES string of the molecule is Cc1cc2c3c(c1)N(c1ccc(C(C)(C)C)cc1-c1ccccc1)c1c(sc4c1C(C)(C)CCC4(C)C)B3c1ccc3c(c1N2c1ccc(C(C)(C)C)cc1)C(C)(C)CCC3(C)C. The molecule has 2 nitrogen and oxygen atoms in total. The standard InChI is InChI=1S/C59H69BN2S/c1-36-33-45-49-46(34-36)62(44-28-23-39(55(5,6)7)35-41(44)37-19-17-16-18-20-37)51-48-52(59(14,15)32-31-58(48,12)13)63-53(51)60(49)43-27-26-42-47(57(10,11)30-29-56(42,8)9)50(43)61(45)40-24-21-38(22-25-40)54(2,3)4/h16-28,33-35H,29-32H2,1-15H3. The van der Waals surface area contributed by atoms with Crippen molar-refractivity contribution in [2.24, 2.45) is 0 Å². The maximum Gasteiger partial charge on any atom is 0.264 e. The van der Waals surface area contributed by atoms with Gasteiger partial charge in [-0.25, -0.2) is 0 Å². The molecule has 63 heavy (non-hydrogen) atoms. The highest BCUT2D eigenvalue weighted by molar-refractivity contribution is 7.29. The fraction of sp³-hybridized carbons (Fsp3) is 0.424. The average Bonchev–Trinajstić information content (AvgIpc) is 3.64. The summed E-state index contributed by atoms with van der Waals surface area (Å²) in [7, 11) is 0. The predicted octanol–water partition coefficient (Wildman–Crippen LogP) is 15.1. The van der Waals surface area contributed by atoms with E-state index in [1.807, 2.05) is 0 Å². The maximum atomic E-state index is 2.77. The fourth-order valence-corrected chi connectivity index (χ4v) is 13.5.